The van der Waals surface area contributed by atoms with Crippen LogP contribution in [0.3, 0.4) is 0 Å². The van der Waals surface area contributed by atoms with Crippen molar-refractivity contribution < 1.29 is 14.6 Å². The second-order valence-corrected chi connectivity index (χ2v) is 7.18. The van der Waals surface area contributed by atoms with Gasteiger partial charge in [-0.1, -0.05) is 18.2 Å². The van der Waals surface area contributed by atoms with Crippen molar-refractivity contribution in [1.82, 2.24) is 9.88 Å². The van der Waals surface area contributed by atoms with E-state index in [4.69, 9.17) is 14.5 Å². The maximum Gasteiger partial charge on any atom is 0.145 e. The Morgan fingerprint density at radius 1 is 1.28 bits per heavy atom. The van der Waals surface area contributed by atoms with E-state index >= 15 is 0 Å². The van der Waals surface area contributed by atoms with Gasteiger partial charge in [0.05, 0.1) is 24.5 Å². The largest absolute Gasteiger partial charge is 0.494 e. The molecule has 0 amide bonds. The average Bonchev–Trinajstić information content (AvgIpc) is 2.65. The van der Waals surface area contributed by atoms with E-state index in [2.05, 4.69) is 23.1 Å². The lowest BCUT2D eigenvalue weighted by atomic mass is 9.82. The SMILES string of the molecule is COc1cccc2ccc(CN3CCC4(CC3)OCCC[C@@H]4O)nc12. The Kier molecular flexibility index (Phi) is 4.63. The van der Waals surface area contributed by atoms with Crippen LogP contribution in [0.2, 0.25) is 0 Å². The van der Waals surface area contributed by atoms with Crippen LogP contribution in [0.25, 0.3) is 10.9 Å². The first-order chi connectivity index (χ1) is 12.2. The van der Waals surface area contributed by atoms with Gasteiger partial charge < -0.3 is 14.6 Å². The Morgan fingerprint density at radius 3 is 2.88 bits per heavy atom. The van der Waals surface area contributed by atoms with Crippen molar-refractivity contribution in [2.75, 3.05) is 26.8 Å². The molecule has 5 heteroatoms. The summed E-state index contributed by atoms with van der Waals surface area (Å²) in [5.74, 6) is 0.815. The number of hydrogen-bond donors (Lipinski definition) is 1. The maximum atomic E-state index is 10.4. The number of benzene rings is 1. The molecular formula is C20H26N2O3. The Hall–Kier alpha value is -1.69. The smallest absolute Gasteiger partial charge is 0.145 e. The lowest BCUT2D eigenvalue weighted by molar-refractivity contribution is -0.177. The number of pyridine rings is 1. The van der Waals surface area contributed by atoms with Gasteiger partial charge in [0, 0.05) is 31.6 Å². The molecule has 2 fully saturated rings. The fourth-order valence-corrected chi connectivity index (χ4v) is 4.12. The topological polar surface area (TPSA) is 54.8 Å². The van der Waals surface area contributed by atoms with E-state index in [1.165, 1.54) is 0 Å². The molecule has 1 aromatic heterocycles. The second kappa shape index (κ2) is 6.90. The number of aliphatic hydroxyl groups excluding tert-OH is 1. The fraction of sp³-hybridized carbons (Fsp3) is 0.550. The molecule has 1 aromatic carbocycles. The Bertz CT molecular complexity index is 741. The molecule has 2 saturated heterocycles. The Balaban J connectivity index is 1.46. The molecule has 1 spiro atoms. The molecule has 25 heavy (non-hydrogen) atoms. The number of piperidine rings is 1. The molecule has 1 N–H and O–H groups in total. The zero-order valence-electron chi connectivity index (χ0n) is 14.8. The van der Waals surface area contributed by atoms with Gasteiger partial charge in [-0.05, 0) is 37.8 Å². The van der Waals surface area contributed by atoms with Crippen LogP contribution in [-0.2, 0) is 11.3 Å². The lowest BCUT2D eigenvalue weighted by Crippen LogP contribution is -2.55. The number of aliphatic hydroxyl groups is 1. The molecule has 0 bridgehead atoms. The van der Waals surface area contributed by atoms with Crippen molar-refractivity contribution in [3.05, 3.63) is 36.0 Å². The number of nitrogens with zero attached hydrogens (tertiary/aromatic N) is 2. The highest BCUT2D eigenvalue weighted by atomic mass is 16.5. The Morgan fingerprint density at radius 2 is 2.12 bits per heavy atom. The van der Waals surface area contributed by atoms with Gasteiger partial charge in [0.15, 0.2) is 0 Å². The van der Waals surface area contributed by atoms with E-state index in [0.717, 1.165) is 74.3 Å². The van der Waals surface area contributed by atoms with Crippen molar-refractivity contribution >= 4 is 10.9 Å². The highest BCUT2D eigenvalue weighted by Crippen LogP contribution is 2.35. The number of fused-ring (bicyclic) bond motifs is 1. The monoisotopic (exact) mass is 342 g/mol. The number of hydrogen-bond acceptors (Lipinski definition) is 5. The third-order valence-electron chi connectivity index (χ3n) is 5.67. The maximum absolute atomic E-state index is 10.4. The number of ether oxygens (including phenoxy) is 2. The zero-order chi connectivity index (χ0) is 17.3. The molecule has 0 unspecified atom stereocenters. The summed E-state index contributed by atoms with van der Waals surface area (Å²) in [5.41, 5.74) is 1.66. The van der Waals surface area contributed by atoms with Crippen molar-refractivity contribution in [3.8, 4) is 5.75 Å². The van der Waals surface area contributed by atoms with Gasteiger partial charge in [0.25, 0.3) is 0 Å². The number of aromatic nitrogens is 1. The van der Waals surface area contributed by atoms with Crippen LogP contribution in [-0.4, -0.2) is 53.5 Å². The van der Waals surface area contributed by atoms with Crippen LogP contribution >= 0.6 is 0 Å². The molecule has 1 atom stereocenters. The quantitative estimate of drug-likeness (QED) is 0.929. The van der Waals surface area contributed by atoms with Crippen LogP contribution in [0.1, 0.15) is 31.4 Å². The van der Waals surface area contributed by atoms with E-state index in [1.54, 1.807) is 7.11 Å². The summed E-state index contributed by atoms with van der Waals surface area (Å²) in [7, 11) is 1.68. The predicted molar refractivity (Wildman–Crippen MR) is 96.7 cm³/mol. The minimum atomic E-state index is -0.313. The molecule has 0 aliphatic carbocycles. The van der Waals surface area contributed by atoms with Crippen LogP contribution in [0.4, 0.5) is 0 Å². The highest BCUT2D eigenvalue weighted by molar-refractivity contribution is 5.84. The first-order valence-corrected chi connectivity index (χ1v) is 9.17. The molecular weight excluding hydrogens is 316 g/mol. The predicted octanol–water partition coefficient (Wildman–Crippen LogP) is 2.75. The first kappa shape index (κ1) is 16.8. The highest BCUT2D eigenvalue weighted by Gasteiger charge is 2.43. The summed E-state index contributed by atoms with van der Waals surface area (Å²) in [6.45, 7) is 3.47. The molecule has 0 saturated carbocycles. The molecule has 5 nitrogen and oxygen atoms in total. The van der Waals surface area contributed by atoms with Crippen molar-refractivity contribution in [1.29, 1.82) is 0 Å². The molecule has 2 aliphatic rings. The number of para-hydroxylation sites is 1. The van der Waals surface area contributed by atoms with Crippen LogP contribution < -0.4 is 4.74 Å². The van der Waals surface area contributed by atoms with Gasteiger partial charge in [-0.15, -0.1) is 0 Å². The number of rotatable bonds is 3. The van der Waals surface area contributed by atoms with Gasteiger partial charge in [-0.25, -0.2) is 4.98 Å². The van der Waals surface area contributed by atoms with Crippen LogP contribution in [0.15, 0.2) is 30.3 Å². The first-order valence-electron chi connectivity index (χ1n) is 9.17. The summed E-state index contributed by atoms with van der Waals surface area (Å²) < 4.78 is 11.4. The minimum absolute atomic E-state index is 0.311. The van der Waals surface area contributed by atoms with E-state index < -0.39 is 0 Å². The molecule has 2 aliphatic heterocycles. The summed E-state index contributed by atoms with van der Waals surface area (Å²) in [5, 5.41) is 11.5. The molecule has 134 valence electrons. The van der Waals surface area contributed by atoms with Crippen LogP contribution in [0.5, 0.6) is 5.75 Å². The van der Waals surface area contributed by atoms with Crippen molar-refractivity contribution in [2.24, 2.45) is 0 Å². The van der Waals surface area contributed by atoms with E-state index in [9.17, 15) is 5.11 Å². The van der Waals surface area contributed by atoms with E-state index in [1.807, 2.05) is 12.1 Å². The minimum Gasteiger partial charge on any atom is -0.494 e. The standard InChI is InChI=1S/C20H26N2O3/c1-24-17-5-2-4-15-7-8-16(21-19(15)17)14-22-11-9-20(10-12-22)18(23)6-3-13-25-20/h2,4-5,7-8,18,23H,3,6,9-14H2,1H3/t18-/m0/s1. The molecule has 0 radical (unpaired) electrons. The molecule has 4 rings (SSSR count). The summed E-state index contributed by atoms with van der Waals surface area (Å²) in [4.78, 5) is 7.21. The fourth-order valence-electron chi connectivity index (χ4n) is 4.12. The summed E-state index contributed by atoms with van der Waals surface area (Å²) in [6, 6.07) is 10.2. The van der Waals surface area contributed by atoms with E-state index in [0.29, 0.717) is 0 Å². The van der Waals surface area contributed by atoms with Gasteiger partial charge in [-0.3, -0.25) is 4.90 Å². The van der Waals surface area contributed by atoms with Crippen molar-refractivity contribution in [3.63, 3.8) is 0 Å². The number of methoxy groups -OCH3 is 1. The van der Waals surface area contributed by atoms with Gasteiger partial charge in [0.1, 0.15) is 11.3 Å². The number of likely N-dealkylation sites (tertiary alicyclic amines) is 1. The normalized spacial score (nSPS) is 23.8. The second-order valence-electron chi connectivity index (χ2n) is 7.18. The third-order valence-corrected chi connectivity index (χ3v) is 5.67. The van der Waals surface area contributed by atoms with E-state index in [-0.39, 0.29) is 11.7 Å². The van der Waals surface area contributed by atoms with Gasteiger partial charge in [0.2, 0.25) is 0 Å². The zero-order valence-corrected chi connectivity index (χ0v) is 14.8. The molecule has 2 aromatic rings. The summed E-state index contributed by atoms with van der Waals surface area (Å²) in [6.07, 6.45) is 3.31. The lowest BCUT2D eigenvalue weighted by Gasteiger charge is -2.46. The Labute approximate surface area is 148 Å². The van der Waals surface area contributed by atoms with Gasteiger partial charge in [-0.2, -0.15) is 0 Å². The molecule has 3 heterocycles. The summed E-state index contributed by atoms with van der Waals surface area (Å²) >= 11 is 0. The van der Waals surface area contributed by atoms with Gasteiger partial charge >= 0.3 is 0 Å². The third kappa shape index (κ3) is 3.24. The average molecular weight is 342 g/mol. The van der Waals surface area contributed by atoms with Crippen LogP contribution in [0, 0.1) is 0 Å². The van der Waals surface area contributed by atoms with Crippen molar-refractivity contribution in [2.45, 2.75) is 43.9 Å².